The third-order valence-electron chi connectivity index (χ3n) is 3.41. The smallest absolute Gasteiger partial charge is 0.326 e. The van der Waals surface area contributed by atoms with E-state index in [-0.39, 0.29) is 12.8 Å². The average molecular weight is 315 g/mol. The fourth-order valence-electron chi connectivity index (χ4n) is 2.35. The normalized spacial score (nSPS) is 11.7. The van der Waals surface area contributed by atoms with Crippen LogP contribution in [0.2, 0.25) is 0 Å². The quantitative estimate of drug-likeness (QED) is 0.860. The summed E-state index contributed by atoms with van der Waals surface area (Å²) < 4.78 is 13.1. The molecule has 2 aromatic rings. The van der Waals surface area contributed by atoms with Crippen LogP contribution in [0, 0.1) is 12.7 Å². The summed E-state index contributed by atoms with van der Waals surface area (Å²) >= 11 is 0. The molecule has 0 unspecified atom stereocenters. The van der Waals surface area contributed by atoms with Crippen LogP contribution in [0.3, 0.4) is 0 Å². The van der Waals surface area contributed by atoms with Gasteiger partial charge in [-0.15, -0.1) is 0 Å². The molecule has 0 fully saturated rings. The predicted octanol–water partition coefficient (Wildman–Crippen LogP) is 2.49. The standard InChI is InChI=1S/C18H18FNO3/c1-12-4-2-5-13(8-12)10-16(18(22)23)20-17(21)11-14-6-3-7-15(19)9-14/h2-9,16H,10-11H2,1H3,(H,20,21)(H,22,23)/t16-/m0/s1. The van der Waals surface area contributed by atoms with E-state index in [9.17, 15) is 19.1 Å². The van der Waals surface area contributed by atoms with Gasteiger partial charge in [0.1, 0.15) is 11.9 Å². The summed E-state index contributed by atoms with van der Waals surface area (Å²) in [6.45, 7) is 1.92. The van der Waals surface area contributed by atoms with Crippen molar-refractivity contribution in [2.75, 3.05) is 0 Å². The van der Waals surface area contributed by atoms with Gasteiger partial charge in [0.25, 0.3) is 0 Å². The van der Waals surface area contributed by atoms with Gasteiger partial charge in [0.05, 0.1) is 6.42 Å². The summed E-state index contributed by atoms with van der Waals surface area (Å²) in [7, 11) is 0. The van der Waals surface area contributed by atoms with Crippen LogP contribution in [0.25, 0.3) is 0 Å². The molecule has 2 rings (SSSR count). The number of carbonyl (C=O) groups is 2. The Labute approximate surface area is 134 Å². The molecule has 1 atom stereocenters. The lowest BCUT2D eigenvalue weighted by Gasteiger charge is -2.15. The predicted molar refractivity (Wildman–Crippen MR) is 84.6 cm³/mol. The van der Waals surface area contributed by atoms with E-state index in [1.165, 1.54) is 18.2 Å². The fraction of sp³-hybridized carbons (Fsp3) is 0.222. The number of aliphatic carboxylic acids is 1. The van der Waals surface area contributed by atoms with Crippen molar-refractivity contribution in [2.45, 2.75) is 25.8 Å². The summed E-state index contributed by atoms with van der Waals surface area (Å²) in [5.74, 6) is -1.97. The molecule has 0 aliphatic heterocycles. The first-order valence-electron chi connectivity index (χ1n) is 7.26. The largest absolute Gasteiger partial charge is 0.480 e. The van der Waals surface area contributed by atoms with Gasteiger partial charge in [-0.1, -0.05) is 42.0 Å². The van der Waals surface area contributed by atoms with Crippen molar-refractivity contribution in [3.05, 3.63) is 71.0 Å². The Balaban J connectivity index is 2.01. The molecule has 120 valence electrons. The zero-order chi connectivity index (χ0) is 16.8. The maximum absolute atomic E-state index is 13.1. The van der Waals surface area contributed by atoms with Crippen molar-refractivity contribution in [2.24, 2.45) is 0 Å². The van der Waals surface area contributed by atoms with Gasteiger partial charge in [-0.05, 0) is 30.2 Å². The van der Waals surface area contributed by atoms with Crippen LogP contribution >= 0.6 is 0 Å². The van der Waals surface area contributed by atoms with Crippen LogP contribution in [0.4, 0.5) is 4.39 Å². The lowest BCUT2D eigenvalue weighted by molar-refractivity contribution is -0.141. The molecule has 0 aliphatic carbocycles. The van der Waals surface area contributed by atoms with Gasteiger partial charge < -0.3 is 10.4 Å². The zero-order valence-electron chi connectivity index (χ0n) is 12.8. The Morgan fingerprint density at radius 1 is 1.13 bits per heavy atom. The summed E-state index contributed by atoms with van der Waals surface area (Å²) in [5.41, 5.74) is 2.36. The number of carboxylic acids is 1. The maximum Gasteiger partial charge on any atom is 0.326 e. The molecule has 1 amide bonds. The highest BCUT2D eigenvalue weighted by Crippen LogP contribution is 2.08. The topological polar surface area (TPSA) is 66.4 Å². The summed E-state index contributed by atoms with van der Waals surface area (Å²) in [4.78, 5) is 23.4. The number of aryl methyl sites for hydroxylation is 1. The van der Waals surface area contributed by atoms with E-state index in [1.807, 2.05) is 31.2 Å². The monoisotopic (exact) mass is 315 g/mol. The third-order valence-corrected chi connectivity index (χ3v) is 3.41. The van der Waals surface area contributed by atoms with Crippen molar-refractivity contribution in [3.63, 3.8) is 0 Å². The number of nitrogens with one attached hydrogen (secondary N) is 1. The molecule has 0 spiro atoms. The van der Waals surface area contributed by atoms with Gasteiger partial charge in [-0.2, -0.15) is 0 Å². The van der Waals surface area contributed by atoms with Gasteiger partial charge in [0, 0.05) is 6.42 Å². The van der Waals surface area contributed by atoms with Crippen molar-refractivity contribution in [1.29, 1.82) is 0 Å². The van der Waals surface area contributed by atoms with E-state index in [0.29, 0.717) is 5.56 Å². The Morgan fingerprint density at radius 2 is 1.83 bits per heavy atom. The van der Waals surface area contributed by atoms with E-state index >= 15 is 0 Å². The summed E-state index contributed by atoms with van der Waals surface area (Å²) in [6.07, 6.45) is 0.140. The molecule has 2 aromatic carbocycles. The number of carboxylic acid groups (broad SMARTS) is 1. The number of rotatable bonds is 6. The Kier molecular flexibility index (Phi) is 5.46. The molecule has 2 N–H and O–H groups in total. The maximum atomic E-state index is 13.1. The van der Waals surface area contributed by atoms with Crippen LogP contribution in [0.5, 0.6) is 0 Å². The summed E-state index contributed by atoms with van der Waals surface area (Å²) in [5, 5.41) is 11.8. The van der Waals surface area contributed by atoms with E-state index in [2.05, 4.69) is 5.32 Å². The van der Waals surface area contributed by atoms with E-state index < -0.39 is 23.7 Å². The highest BCUT2D eigenvalue weighted by atomic mass is 19.1. The fourth-order valence-corrected chi connectivity index (χ4v) is 2.35. The third kappa shape index (κ3) is 5.21. The van der Waals surface area contributed by atoms with Gasteiger partial charge >= 0.3 is 5.97 Å². The molecular weight excluding hydrogens is 297 g/mol. The van der Waals surface area contributed by atoms with E-state index in [1.54, 1.807) is 6.07 Å². The van der Waals surface area contributed by atoms with Gasteiger partial charge in [0.15, 0.2) is 0 Å². The molecule has 0 saturated carbocycles. The van der Waals surface area contributed by atoms with E-state index in [0.717, 1.165) is 11.1 Å². The van der Waals surface area contributed by atoms with Crippen LogP contribution in [-0.2, 0) is 22.4 Å². The van der Waals surface area contributed by atoms with Crippen LogP contribution in [-0.4, -0.2) is 23.0 Å². The van der Waals surface area contributed by atoms with Crippen LogP contribution in [0.15, 0.2) is 48.5 Å². The number of hydrogen-bond donors (Lipinski definition) is 2. The first-order chi connectivity index (χ1) is 10.9. The Hall–Kier alpha value is -2.69. The lowest BCUT2D eigenvalue weighted by atomic mass is 10.0. The minimum atomic E-state index is -1.10. The molecule has 0 radical (unpaired) electrons. The highest BCUT2D eigenvalue weighted by molar-refractivity contribution is 5.85. The van der Waals surface area contributed by atoms with Crippen molar-refractivity contribution < 1.29 is 19.1 Å². The second kappa shape index (κ2) is 7.54. The molecule has 5 heteroatoms. The van der Waals surface area contributed by atoms with Gasteiger partial charge in [0.2, 0.25) is 5.91 Å². The SMILES string of the molecule is Cc1cccc(C[C@H](NC(=O)Cc2cccc(F)c2)C(=O)O)c1. The molecule has 0 heterocycles. The van der Waals surface area contributed by atoms with Crippen LogP contribution in [0.1, 0.15) is 16.7 Å². The molecule has 0 bridgehead atoms. The zero-order valence-corrected chi connectivity index (χ0v) is 12.8. The van der Waals surface area contributed by atoms with Crippen molar-refractivity contribution in [1.82, 2.24) is 5.32 Å². The number of amides is 1. The van der Waals surface area contributed by atoms with Crippen LogP contribution < -0.4 is 5.32 Å². The lowest BCUT2D eigenvalue weighted by Crippen LogP contribution is -2.43. The molecule has 0 saturated heterocycles. The minimum Gasteiger partial charge on any atom is -0.480 e. The second-order valence-electron chi connectivity index (χ2n) is 5.46. The first-order valence-corrected chi connectivity index (χ1v) is 7.26. The second-order valence-corrected chi connectivity index (χ2v) is 5.46. The number of benzene rings is 2. The van der Waals surface area contributed by atoms with Gasteiger partial charge in [-0.25, -0.2) is 9.18 Å². The molecule has 0 aliphatic rings. The molecule has 23 heavy (non-hydrogen) atoms. The molecule has 4 nitrogen and oxygen atoms in total. The average Bonchev–Trinajstić information content (AvgIpc) is 2.46. The first kappa shape index (κ1) is 16.7. The highest BCUT2D eigenvalue weighted by Gasteiger charge is 2.20. The van der Waals surface area contributed by atoms with E-state index in [4.69, 9.17) is 0 Å². The van der Waals surface area contributed by atoms with Crippen molar-refractivity contribution >= 4 is 11.9 Å². The number of halogens is 1. The number of hydrogen-bond acceptors (Lipinski definition) is 2. The van der Waals surface area contributed by atoms with Crippen molar-refractivity contribution in [3.8, 4) is 0 Å². The molecular formula is C18H18FNO3. The van der Waals surface area contributed by atoms with Gasteiger partial charge in [-0.3, -0.25) is 4.79 Å². The Bertz CT molecular complexity index is 715. The summed E-state index contributed by atoms with van der Waals surface area (Å²) in [6, 6.07) is 12.1. The molecule has 0 aromatic heterocycles. The number of carbonyl (C=O) groups excluding carboxylic acids is 1. The minimum absolute atomic E-state index is 0.0602. The Morgan fingerprint density at radius 3 is 2.48 bits per heavy atom.